The summed E-state index contributed by atoms with van der Waals surface area (Å²) in [5.41, 5.74) is 5.50. The summed E-state index contributed by atoms with van der Waals surface area (Å²) in [6.45, 7) is 2.06. The Bertz CT molecular complexity index is 1140. The number of benzene rings is 3. The summed E-state index contributed by atoms with van der Waals surface area (Å²) in [6, 6.07) is 20.9. The molecule has 3 rings (SSSR count). The van der Waals surface area contributed by atoms with Crippen molar-refractivity contribution < 1.29 is 9.85 Å². The van der Waals surface area contributed by atoms with E-state index in [4.69, 9.17) is 0 Å². The molecule has 8 heteroatoms. The molecule has 0 saturated carbocycles. The Morgan fingerprint density at radius 2 is 1.68 bits per heavy atom. The van der Waals surface area contributed by atoms with Crippen molar-refractivity contribution in [3.63, 3.8) is 0 Å². The number of nitro benzene ring substituents is 2. The van der Waals surface area contributed by atoms with Gasteiger partial charge in [-0.15, -0.1) is 0 Å². The van der Waals surface area contributed by atoms with E-state index in [1.54, 1.807) is 6.08 Å². The van der Waals surface area contributed by atoms with Gasteiger partial charge in [0.15, 0.2) is 0 Å². The van der Waals surface area contributed by atoms with Gasteiger partial charge in [-0.2, -0.15) is 5.10 Å². The maximum Gasteiger partial charge on any atom is 0.301 e. The average molecular weight is 416 g/mol. The molecule has 0 radical (unpaired) electrons. The van der Waals surface area contributed by atoms with E-state index in [9.17, 15) is 20.2 Å². The smallest absolute Gasteiger partial charge is 0.271 e. The lowest BCUT2D eigenvalue weighted by Crippen LogP contribution is -2.04. The zero-order chi connectivity index (χ0) is 22.2. The molecule has 0 aliphatic carbocycles. The van der Waals surface area contributed by atoms with Crippen LogP contribution in [0.4, 0.5) is 17.1 Å². The first-order valence-corrected chi connectivity index (χ1v) is 9.57. The van der Waals surface area contributed by atoms with Crippen molar-refractivity contribution in [1.29, 1.82) is 0 Å². The van der Waals surface area contributed by atoms with Crippen molar-refractivity contribution >= 4 is 28.8 Å². The number of hydrazone groups is 1. The van der Waals surface area contributed by atoms with E-state index in [1.165, 1.54) is 17.7 Å². The molecule has 0 heterocycles. The second-order valence-electron chi connectivity index (χ2n) is 6.62. The third kappa shape index (κ3) is 5.60. The summed E-state index contributed by atoms with van der Waals surface area (Å²) in [7, 11) is 0. The highest BCUT2D eigenvalue weighted by molar-refractivity contribution is 6.11. The molecule has 156 valence electrons. The van der Waals surface area contributed by atoms with Crippen LogP contribution in [0.5, 0.6) is 0 Å². The van der Waals surface area contributed by atoms with E-state index in [0.717, 1.165) is 23.6 Å². The minimum atomic E-state index is -0.680. The van der Waals surface area contributed by atoms with Crippen molar-refractivity contribution in [2.45, 2.75) is 13.3 Å². The van der Waals surface area contributed by atoms with Crippen LogP contribution in [0, 0.1) is 20.2 Å². The maximum atomic E-state index is 11.4. The van der Waals surface area contributed by atoms with E-state index in [0.29, 0.717) is 5.71 Å². The molecule has 0 aliphatic rings. The number of non-ortho nitro benzene ring substituents is 1. The van der Waals surface area contributed by atoms with Crippen LogP contribution in [-0.2, 0) is 6.42 Å². The molecule has 3 aromatic carbocycles. The lowest BCUT2D eigenvalue weighted by Gasteiger charge is -2.06. The fraction of sp³-hybridized carbons (Fsp3) is 0.0870. The molecule has 0 saturated heterocycles. The Balaban J connectivity index is 1.97. The normalized spacial score (nSPS) is 11.5. The third-order valence-electron chi connectivity index (χ3n) is 4.58. The maximum absolute atomic E-state index is 11.4. The van der Waals surface area contributed by atoms with Gasteiger partial charge in [0.1, 0.15) is 5.69 Å². The van der Waals surface area contributed by atoms with Gasteiger partial charge in [0.2, 0.25) is 0 Å². The minimum absolute atomic E-state index is 0.0615. The Labute approximate surface area is 178 Å². The molecule has 31 heavy (non-hydrogen) atoms. The highest BCUT2D eigenvalue weighted by Crippen LogP contribution is 2.29. The molecular formula is C23H20N4O4. The molecule has 0 spiro atoms. The van der Waals surface area contributed by atoms with Crippen LogP contribution < -0.4 is 5.43 Å². The molecule has 0 bridgehead atoms. The predicted molar refractivity (Wildman–Crippen MR) is 121 cm³/mol. The number of nitro groups is 2. The summed E-state index contributed by atoms with van der Waals surface area (Å²) < 4.78 is 0. The first-order valence-electron chi connectivity index (χ1n) is 9.57. The fourth-order valence-corrected chi connectivity index (χ4v) is 2.85. The summed E-state index contributed by atoms with van der Waals surface area (Å²) in [4.78, 5) is 21.0. The highest BCUT2D eigenvalue weighted by atomic mass is 16.6. The zero-order valence-electron chi connectivity index (χ0n) is 16.8. The number of nitrogens with zero attached hydrogens (tertiary/aromatic N) is 3. The first-order chi connectivity index (χ1) is 15.0. The van der Waals surface area contributed by atoms with Crippen molar-refractivity contribution in [2.24, 2.45) is 5.10 Å². The molecule has 0 aliphatic heterocycles. The fourth-order valence-electron chi connectivity index (χ4n) is 2.85. The van der Waals surface area contributed by atoms with Gasteiger partial charge in [-0.1, -0.05) is 67.6 Å². The predicted octanol–water partition coefficient (Wildman–Crippen LogP) is 5.60. The molecule has 1 N–H and O–H groups in total. The summed E-state index contributed by atoms with van der Waals surface area (Å²) in [6.07, 6.45) is 4.60. The molecule has 0 fully saturated rings. The average Bonchev–Trinajstić information content (AvgIpc) is 2.79. The second kappa shape index (κ2) is 9.93. The number of nitrogens with one attached hydrogen (secondary N) is 1. The van der Waals surface area contributed by atoms with Gasteiger partial charge < -0.3 is 0 Å². The van der Waals surface area contributed by atoms with Crippen LogP contribution in [0.15, 0.2) is 84.0 Å². The van der Waals surface area contributed by atoms with Gasteiger partial charge in [0.25, 0.3) is 5.69 Å². The molecule has 0 atom stereocenters. The van der Waals surface area contributed by atoms with Crippen molar-refractivity contribution in [1.82, 2.24) is 0 Å². The van der Waals surface area contributed by atoms with E-state index in [2.05, 4.69) is 17.5 Å². The van der Waals surface area contributed by atoms with Crippen molar-refractivity contribution in [2.75, 3.05) is 5.43 Å². The van der Waals surface area contributed by atoms with Crippen LogP contribution in [-0.4, -0.2) is 15.6 Å². The molecule has 8 nitrogen and oxygen atoms in total. The quantitative estimate of drug-likeness (QED) is 0.292. The number of allylic oxidation sites excluding steroid dienone is 1. The van der Waals surface area contributed by atoms with Gasteiger partial charge in [-0.05, 0) is 29.7 Å². The van der Waals surface area contributed by atoms with Crippen LogP contribution in [0.1, 0.15) is 23.6 Å². The monoisotopic (exact) mass is 416 g/mol. The van der Waals surface area contributed by atoms with Crippen LogP contribution in [0.2, 0.25) is 0 Å². The lowest BCUT2D eigenvalue weighted by molar-refractivity contribution is -0.393. The summed E-state index contributed by atoms with van der Waals surface area (Å²) >= 11 is 0. The molecule has 0 aromatic heterocycles. The number of anilines is 1. The second-order valence-corrected chi connectivity index (χ2v) is 6.62. The molecule has 0 unspecified atom stereocenters. The van der Waals surface area contributed by atoms with Crippen molar-refractivity contribution in [3.8, 4) is 0 Å². The number of hydrogen-bond acceptors (Lipinski definition) is 6. The van der Waals surface area contributed by atoms with E-state index in [-0.39, 0.29) is 11.4 Å². The number of aryl methyl sites for hydroxylation is 1. The van der Waals surface area contributed by atoms with Gasteiger partial charge in [-0.3, -0.25) is 25.7 Å². The van der Waals surface area contributed by atoms with Crippen molar-refractivity contribution in [3.05, 3.63) is 116 Å². The first kappa shape index (κ1) is 21.4. The van der Waals surface area contributed by atoms with Gasteiger partial charge in [-0.25, -0.2) is 0 Å². The van der Waals surface area contributed by atoms with Gasteiger partial charge in [0.05, 0.1) is 21.6 Å². The van der Waals surface area contributed by atoms with E-state index >= 15 is 0 Å². The van der Waals surface area contributed by atoms with Crippen LogP contribution in [0.25, 0.3) is 6.08 Å². The standard InChI is InChI=1S/C23H20N4O4/c1-2-17-8-11-19(12-9-17)21(14-10-18-6-4-3-5-7-18)24-25-22-15-13-20(26(28)29)16-23(22)27(30)31/h3-16,25H,2H2,1H3. The van der Waals surface area contributed by atoms with Gasteiger partial charge in [0, 0.05) is 11.6 Å². The highest BCUT2D eigenvalue weighted by Gasteiger charge is 2.19. The van der Waals surface area contributed by atoms with Crippen LogP contribution in [0.3, 0.4) is 0 Å². The molecular weight excluding hydrogens is 396 g/mol. The topological polar surface area (TPSA) is 111 Å². The Kier molecular flexibility index (Phi) is 6.85. The Hall–Kier alpha value is -4.33. The molecule has 3 aromatic rings. The SMILES string of the molecule is CCc1ccc(C(C=Cc2ccccc2)=NNc2ccc([N+](=O)[O-])cc2[N+](=O)[O-])cc1. The summed E-state index contributed by atoms with van der Waals surface area (Å²) in [5.74, 6) is 0. The Morgan fingerprint density at radius 3 is 2.29 bits per heavy atom. The largest absolute Gasteiger partial charge is 0.301 e. The number of rotatable bonds is 8. The third-order valence-corrected chi connectivity index (χ3v) is 4.58. The van der Waals surface area contributed by atoms with Gasteiger partial charge >= 0.3 is 5.69 Å². The zero-order valence-corrected chi connectivity index (χ0v) is 16.8. The lowest BCUT2D eigenvalue weighted by atomic mass is 10.1. The Morgan fingerprint density at radius 1 is 0.968 bits per heavy atom. The van der Waals surface area contributed by atoms with E-state index < -0.39 is 15.5 Å². The van der Waals surface area contributed by atoms with E-state index in [1.807, 2.05) is 60.7 Å². The molecule has 0 amide bonds. The number of hydrogen-bond donors (Lipinski definition) is 1. The summed E-state index contributed by atoms with van der Waals surface area (Å²) in [5, 5.41) is 26.7. The minimum Gasteiger partial charge on any atom is -0.271 e. The van der Waals surface area contributed by atoms with Crippen LogP contribution >= 0.6 is 0 Å².